The maximum Gasteiger partial charge on any atom is 0.253 e. The molecule has 0 saturated carbocycles. The lowest BCUT2D eigenvalue weighted by Gasteiger charge is -2.35. The van der Waals surface area contributed by atoms with E-state index in [-0.39, 0.29) is 23.7 Å². The van der Waals surface area contributed by atoms with Crippen LogP contribution in [0.15, 0.2) is 24.3 Å². The van der Waals surface area contributed by atoms with Gasteiger partial charge in [0.15, 0.2) is 0 Å². The first kappa shape index (κ1) is 19.2. The summed E-state index contributed by atoms with van der Waals surface area (Å²) in [6.45, 7) is 10.2. The van der Waals surface area contributed by atoms with Crippen molar-refractivity contribution in [1.29, 1.82) is 5.41 Å². The number of amides is 2. The second kappa shape index (κ2) is 8.28. The van der Waals surface area contributed by atoms with Crippen LogP contribution in [0.4, 0.5) is 0 Å². The Morgan fingerprint density at radius 2 is 1.52 bits per heavy atom. The van der Waals surface area contributed by atoms with E-state index < -0.39 is 0 Å². The average molecular weight is 343 g/mol. The summed E-state index contributed by atoms with van der Waals surface area (Å²) < 4.78 is 0. The van der Waals surface area contributed by atoms with E-state index in [9.17, 15) is 9.59 Å². The van der Waals surface area contributed by atoms with Gasteiger partial charge in [-0.1, -0.05) is 39.8 Å². The number of nitrogens with zero attached hydrogens (tertiary/aromatic N) is 2. The van der Waals surface area contributed by atoms with Crippen LogP contribution in [-0.2, 0) is 4.79 Å². The van der Waals surface area contributed by atoms with Gasteiger partial charge in [0.2, 0.25) is 5.91 Å². The van der Waals surface area contributed by atoms with Crippen LogP contribution in [0.3, 0.4) is 0 Å². The van der Waals surface area contributed by atoms with Gasteiger partial charge in [-0.2, -0.15) is 0 Å². The van der Waals surface area contributed by atoms with Crippen LogP contribution in [0.25, 0.3) is 0 Å². The lowest BCUT2D eigenvalue weighted by Crippen LogP contribution is -2.51. The number of nitrogens with one attached hydrogen (secondary N) is 1. The van der Waals surface area contributed by atoms with Gasteiger partial charge < -0.3 is 15.2 Å². The first-order valence-electron chi connectivity index (χ1n) is 9.10. The lowest BCUT2D eigenvalue weighted by atomic mass is 9.94. The predicted octanol–water partition coefficient (Wildman–Crippen LogP) is 3.16. The fraction of sp³-hybridized carbons (Fsp3) is 0.550. The van der Waals surface area contributed by atoms with E-state index in [1.165, 1.54) is 0 Å². The largest absolute Gasteiger partial charge is 0.339 e. The van der Waals surface area contributed by atoms with Gasteiger partial charge in [0.1, 0.15) is 0 Å². The molecule has 1 aliphatic rings. The Morgan fingerprint density at radius 3 is 2.00 bits per heavy atom. The Kier molecular flexibility index (Phi) is 6.34. The number of carbonyl (C=O) groups is 2. The molecule has 1 unspecified atom stereocenters. The van der Waals surface area contributed by atoms with Crippen molar-refractivity contribution in [1.82, 2.24) is 9.80 Å². The molecule has 5 heteroatoms. The quantitative estimate of drug-likeness (QED) is 0.835. The Hall–Kier alpha value is -2.17. The molecule has 1 heterocycles. The van der Waals surface area contributed by atoms with Crippen molar-refractivity contribution in [3.63, 3.8) is 0 Å². The highest BCUT2D eigenvalue weighted by Gasteiger charge is 2.26. The van der Waals surface area contributed by atoms with E-state index in [0.29, 0.717) is 37.5 Å². The zero-order valence-corrected chi connectivity index (χ0v) is 15.7. The van der Waals surface area contributed by atoms with Gasteiger partial charge in [-0.15, -0.1) is 0 Å². The molecule has 1 aliphatic heterocycles. The molecule has 1 aromatic rings. The highest BCUT2D eigenvalue weighted by molar-refractivity contribution is 5.95. The molecule has 0 spiro atoms. The van der Waals surface area contributed by atoms with Crippen LogP contribution in [0.1, 0.15) is 56.0 Å². The van der Waals surface area contributed by atoms with Crippen LogP contribution >= 0.6 is 0 Å². The molecule has 0 aromatic heterocycles. The average Bonchev–Trinajstić information content (AvgIpc) is 2.65. The molecule has 25 heavy (non-hydrogen) atoms. The number of hydrogen-bond donors (Lipinski definition) is 1. The molecule has 2 rings (SSSR count). The van der Waals surface area contributed by atoms with Gasteiger partial charge in [-0.05, 0) is 24.1 Å². The number of carbonyl (C=O) groups excluding carboxylic acids is 2. The molecular formula is C20H29N3O2. The van der Waals surface area contributed by atoms with E-state index in [1.54, 1.807) is 0 Å². The summed E-state index contributed by atoms with van der Waals surface area (Å²) in [7, 11) is 0. The Bertz CT molecular complexity index is 629. The van der Waals surface area contributed by atoms with Crippen LogP contribution in [0.5, 0.6) is 0 Å². The number of rotatable bonds is 5. The zero-order chi connectivity index (χ0) is 18.6. The van der Waals surface area contributed by atoms with E-state index in [1.807, 2.05) is 61.8 Å². The van der Waals surface area contributed by atoms with Crippen LogP contribution in [0.2, 0.25) is 0 Å². The first-order chi connectivity index (χ1) is 11.8. The summed E-state index contributed by atoms with van der Waals surface area (Å²) in [5, 5.41) is 7.96. The van der Waals surface area contributed by atoms with Gasteiger partial charge in [0, 0.05) is 49.3 Å². The SMILES string of the molecule is CCC(=N)C(C)c1ccc(C(=O)N2CCN(C(=O)C(C)C)CC2)cc1. The van der Waals surface area contributed by atoms with Crippen molar-refractivity contribution < 1.29 is 9.59 Å². The molecule has 5 nitrogen and oxygen atoms in total. The minimum atomic E-state index is -0.00126. The normalized spacial score (nSPS) is 16.0. The Balaban J connectivity index is 1.98. The van der Waals surface area contributed by atoms with Gasteiger partial charge in [0.05, 0.1) is 0 Å². The summed E-state index contributed by atoms with van der Waals surface area (Å²) in [4.78, 5) is 28.4. The third kappa shape index (κ3) is 4.47. The van der Waals surface area contributed by atoms with Crippen LogP contribution in [-0.4, -0.2) is 53.5 Å². The van der Waals surface area contributed by atoms with Crippen LogP contribution < -0.4 is 0 Å². The minimum absolute atomic E-state index is 0.00126. The van der Waals surface area contributed by atoms with Gasteiger partial charge in [-0.25, -0.2) is 0 Å². The molecule has 2 amide bonds. The topological polar surface area (TPSA) is 64.5 Å². The van der Waals surface area contributed by atoms with Crippen LogP contribution in [0, 0.1) is 11.3 Å². The maximum absolute atomic E-state index is 12.7. The number of hydrogen-bond acceptors (Lipinski definition) is 3. The molecular weight excluding hydrogens is 314 g/mol. The fourth-order valence-corrected chi connectivity index (χ4v) is 3.10. The highest BCUT2D eigenvalue weighted by Crippen LogP contribution is 2.19. The summed E-state index contributed by atoms with van der Waals surface area (Å²) >= 11 is 0. The molecule has 1 saturated heterocycles. The second-order valence-electron chi connectivity index (χ2n) is 6.99. The smallest absolute Gasteiger partial charge is 0.253 e. The molecule has 1 N–H and O–H groups in total. The summed E-state index contributed by atoms with van der Waals surface area (Å²) in [5.74, 6) is 0.253. The molecule has 0 radical (unpaired) electrons. The van der Waals surface area contributed by atoms with Crippen molar-refractivity contribution in [3.05, 3.63) is 35.4 Å². The van der Waals surface area contributed by atoms with E-state index >= 15 is 0 Å². The standard InChI is InChI=1S/C20H29N3O2/c1-5-18(21)15(4)16-6-8-17(9-7-16)20(25)23-12-10-22(11-13-23)19(24)14(2)3/h6-9,14-15,21H,5,10-13H2,1-4H3. The van der Waals surface area contributed by atoms with Crippen molar-refractivity contribution >= 4 is 17.5 Å². The second-order valence-corrected chi connectivity index (χ2v) is 6.99. The van der Waals surface area contributed by atoms with Crippen molar-refractivity contribution in [3.8, 4) is 0 Å². The van der Waals surface area contributed by atoms with E-state index in [0.717, 1.165) is 12.0 Å². The van der Waals surface area contributed by atoms with Gasteiger partial charge in [0.25, 0.3) is 5.91 Å². The molecule has 1 aromatic carbocycles. The summed E-state index contributed by atoms with van der Waals surface area (Å²) in [6, 6.07) is 7.59. The van der Waals surface area contributed by atoms with E-state index in [4.69, 9.17) is 5.41 Å². The number of benzene rings is 1. The lowest BCUT2D eigenvalue weighted by molar-refractivity contribution is -0.135. The molecule has 0 aliphatic carbocycles. The minimum Gasteiger partial charge on any atom is -0.339 e. The summed E-state index contributed by atoms with van der Waals surface area (Å²) in [5.41, 5.74) is 2.43. The third-order valence-electron chi connectivity index (χ3n) is 4.93. The van der Waals surface area contributed by atoms with Gasteiger partial charge >= 0.3 is 0 Å². The van der Waals surface area contributed by atoms with Gasteiger partial charge in [-0.3, -0.25) is 9.59 Å². The monoisotopic (exact) mass is 343 g/mol. The maximum atomic E-state index is 12.7. The Labute approximate surface area is 150 Å². The number of piperazine rings is 1. The Morgan fingerprint density at radius 1 is 1.00 bits per heavy atom. The molecule has 1 atom stereocenters. The fourth-order valence-electron chi connectivity index (χ4n) is 3.10. The third-order valence-corrected chi connectivity index (χ3v) is 4.93. The molecule has 136 valence electrons. The summed E-state index contributed by atoms with van der Waals surface area (Å²) in [6.07, 6.45) is 0.737. The van der Waals surface area contributed by atoms with Crippen molar-refractivity contribution in [2.45, 2.75) is 40.0 Å². The van der Waals surface area contributed by atoms with E-state index in [2.05, 4.69) is 0 Å². The molecule has 0 bridgehead atoms. The van der Waals surface area contributed by atoms with Crippen molar-refractivity contribution in [2.75, 3.05) is 26.2 Å². The predicted molar refractivity (Wildman–Crippen MR) is 100 cm³/mol. The van der Waals surface area contributed by atoms with Crippen molar-refractivity contribution in [2.24, 2.45) is 5.92 Å². The molecule has 1 fully saturated rings. The highest BCUT2D eigenvalue weighted by atomic mass is 16.2. The first-order valence-corrected chi connectivity index (χ1v) is 9.10. The zero-order valence-electron chi connectivity index (χ0n) is 15.7.